The summed E-state index contributed by atoms with van der Waals surface area (Å²) in [6.07, 6.45) is 7.23. The third-order valence-corrected chi connectivity index (χ3v) is 11.0. The van der Waals surface area contributed by atoms with Crippen LogP contribution in [0.3, 0.4) is 0 Å². The minimum Gasteiger partial charge on any atom is -0.488 e. The standard InChI is InChI=1S/C24H26Cl3N3O2.C15H26N4O2S/c25-19-4-6-23-17(14-19)13-18(16-32-23)24(31)28-7-1-2-8-29-9-11-30(12-10-29)22-5-3-20(26)15-21(22)27;1-22(20,21)17-14-5-4-6-15(13-14)19-11-9-18(10-12-19)8-3-2-7-16/h3-6,13-15H,1-2,7-12,16H2,(H,28,31);4-6,13,17H,2-3,7-12,16H2,1H3. The Morgan fingerprint density at radius 2 is 1.44 bits per heavy atom. The number of unbranched alkanes of at least 4 members (excludes halogenated alkanes) is 2. The average molecular weight is 821 g/mol. The number of carbonyl (C=O) groups excluding carboxylic acids is 1. The summed E-state index contributed by atoms with van der Waals surface area (Å²) in [6, 6.07) is 18.7. The van der Waals surface area contributed by atoms with Gasteiger partial charge in [-0.3, -0.25) is 19.3 Å². The van der Waals surface area contributed by atoms with Gasteiger partial charge in [0, 0.05) is 80.2 Å². The van der Waals surface area contributed by atoms with Crippen LogP contribution in [0.15, 0.2) is 66.2 Å². The molecular weight excluding hydrogens is 769 g/mol. The van der Waals surface area contributed by atoms with Crippen molar-refractivity contribution in [2.75, 3.05) is 106 Å². The number of sulfonamides is 1. The number of anilines is 3. The molecular formula is C39H52Cl3N7O4S. The molecule has 11 nitrogen and oxygen atoms in total. The lowest BCUT2D eigenvalue weighted by molar-refractivity contribution is -0.117. The lowest BCUT2D eigenvalue weighted by Gasteiger charge is -2.36. The average Bonchev–Trinajstić information content (AvgIpc) is 3.15. The molecule has 0 bridgehead atoms. The molecule has 0 atom stereocenters. The van der Waals surface area contributed by atoms with Gasteiger partial charge < -0.3 is 25.6 Å². The first kappa shape index (κ1) is 41.9. The van der Waals surface area contributed by atoms with Gasteiger partial charge in [0.05, 0.1) is 28.2 Å². The molecule has 3 aromatic carbocycles. The zero-order chi connectivity index (χ0) is 38.5. The quantitative estimate of drug-likeness (QED) is 0.167. The zero-order valence-electron chi connectivity index (χ0n) is 30.9. The smallest absolute Gasteiger partial charge is 0.250 e. The van der Waals surface area contributed by atoms with Gasteiger partial charge in [-0.05, 0) is 106 Å². The minimum absolute atomic E-state index is 0.0796. The number of nitrogens with one attached hydrogen (secondary N) is 2. The van der Waals surface area contributed by atoms with Crippen molar-refractivity contribution in [2.24, 2.45) is 5.73 Å². The van der Waals surface area contributed by atoms with E-state index in [2.05, 4.69) is 29.6 Å². The molecule has 15 heteroatoms. The van der Waals surface area contributed by atoms with Gasteiger partial charge in [-0.25, -0.2) is 8.42 Å². The van der Waals surface area contributed by atoms with Crippen LogP contribution in [-0.2, 0) is 14.8 Å². The van der Waals surface area contributed by atoms with Crippen molar-refractivity contribution in [1.29, 1.82) is 0 Å². The second-order valence-electron chi connectivity index (χ2n) is 13.8. The van der Waals surface area contributed by atoms with Crippen LogP contribution >= 0.6 is 34.8 Å². The van der Waals surface area contributed by atoms with Crippen LogP contribution in [0.5, 0.6) is 5.75 Å². The summed E-state index contributed by atoms with van der Waals surface area (Å²) in [5.41, 5.74) is 9.71. The summed E-state index contributed by atoms with van der Waals surface area (Å²) in [5.74, 6) is 0.675. The van der Waals surface area contributed by atoms with Crippen molar-refractivity contribution in [2.45, 2.75) is 25.7 Å². The number of carbonyl (C=O) groups is 1. The second kappa shape index (κ2) is 20.6. The first-order valence-electron chi connectivity index (χ1n) is 18.6. The molecule has 0 spiro atoms. The summed E-state index contributed by atoms with van der Waals surface area (Å²) in [4.78, 5) is 22.0. The Morgan fingerprint density at radius 1 is 0.796 bits per heavy atom. The third-order valence-electron chi connectivity index (χ3n) is 9.60. The van der Waals surface area contributed by atoms with Crippen LogP contribution in [0.25, 0.3) is 6.08 Å². The first-order valence-corrected chi connectivity index (χ1v) is 21.6. The summed E-state index contributed by atoms with van der Waals surface area (Å²) >= 11 is 18.4. The highest BCUT2D eigenvalue weighted by Gasteiger charge is 2.20. The summed E-state index contributed by atoms with van der Waals surface area (Å²) in [6.45, 7) is 11.7. The van der Waals surface area contributed by atoms with Crippen molar-refractivity contribution in [3.8, 4) is 5.75 Å². The molecule has 54 heavy (non-hydrogen) atoms. The Bertz CT molecular complexity index is 1830. The molecule has 3 aliphatic heterocycles. The first-order chi connectivity index (χ1) is 26.0. The Hall–Kier alpha value is -3.23. The van der Waals surface area contributed by atoms with Gasteiger partial charge in [-0.2, -0.15) is 0 Å². The monoisotopic (exact) mass is 819 g/mol. The van der Waals surface area contributed by atoms with Crippen molar-refractivity contribution < 1.29 is 17.9 Å². The van der Waals surface area contributed by atoms with Crippen LogP contribution in [0.2, 0.25) is 15.1 Å². The van der Waals surface area contributed by atoms with E-state index in [0.29, 0.717) is 32.9 Å². The van der Waals surface area contributed by atoms with E-state index in [9.17, 15) is 13.2 Å². The fourth-order valence-corrected chi connectivity index (χ4v) is 7.96. The molecule has 2 fully saturated rings. The molecule has 3 aliphatic rings. The van der Waals surface area contributed by atoms with E-state index in [-0.39, 0.29) is 12.5 Å². The minimum atomic E-state index is -3.23. The lowest BCUT2D eigenvalue weighted by atomic mass is 10.1. The van der Waals surface area contributed by atoms with Crippen molar-refractivity contribution >= 4 is 73.9 Å². The molecule has 4 N–H and O–H groups in total. The fourth-order valence-electron chi connectivity index (χ4n) is 6.70. The molecule has 0 aliphatic carbocycles. The van der Waals surface area contributed by atoms with Crippen LogP contribution in [-0.4, -0.2) is 116 Å². The molecule has 0 unspecified atom stereocenters. The second-order valence-corrected chi connectivity index (χ2v) is 16.8. The molecule has 0 aromatic heterocycles. The Kier molecular flexibility index (Phi) is 16.0. The summed E-state index contributed by atoms with van der Waals surface area (Å²) in [5, 5.41) is 4.99. The van der Waals surface area contributed by atoms with Gasteiger partial charge in [0.25, 0.3) is 5.91 Å². The van der Waals surface area contributed by atoms with Gasteiger partial charge in [-0.1, -0.05) is 40.9 Å². The van der Waals surface area contributed by atoms with Crippen LogP contribution < -0.4 is 30.3 Å². The van der Waals surface area contributed by atoms with Crippen molar-refractivity contribution in [3.05, 3.63) is 86.9 Å². The van der Waals surface area contributed by atoms with Crippen molar-refractivity contribution in [3.63, 3.8) is 0 Å². The Labute approximate surface area is 335 Å². The molecule has 3 aromatic rings. The lowest BCUT2D eigenvalue weighted by Crippen LogP contribution is -2.46. The largest absolute Gasteiger partial charge is 0.488 e. The van der Waals surface area contributed by atoms with E-state index < -0.39 is 10.0 Å². The topological polar surface area (TPSA) is 123 Å². The Morgan fingerprint density at radius 3 is 2.11 bits per heavy atom. The SMILES string of the molecule is CS(=O)(=O)Nc1cccc(N2CCN(CCCCN)CC2)c1.O=C(NCCCCN1CCN(c2ccc(Cl)cc2Cl)CC1)C1=Cc2cc(Cl)ccc2OC1. The van der Waals surface area contributed by atoms with Gasteiger partial charge in [0.2, 0.25) is 10.0 Å². The van der Waals surface area contributed by atoms with E-state index >= 15 is 0 Å². The molecule has 3 heterocycles. The van der Waals surface area contributed by atoms with E-state index in [1.54, 1.807) is 18.2 Å². The Balaban J connectivity index is 0.000000223. The number of piperazine rings is 2. The number of nitrogens with two attached hydrogens (primary N) is 1. The van der Waals surface area contributed by atoms with Crippen LogP contribution in [0, 0.1) is 0 Å². The maximum Gasteiger partial charge on any atom is 0.250 e. The van der Waals surface area contributed by atoms with E-state index in [1.165, 1.54) is 6.26 Å². The van der Waals surface area contributed by atoms with Gasteiger partial charge >= 0.3 is 0 Å². The fraction of sp³-hybridized carbons (Fsp3) is 0.462. The molecule has 0 radical (unpaired) electrons. The van der Waals surface area contributed by atoms with Gasteiger partial charge in [0.1, 0.15) is 12.4 Å². The number of fused-ring (bicyclic) bond motifs is 1. The maximum absolute atomic E-state index is 12.4. The molecule has 2 saturated heterocycles. The van der Waals surface area contributed by atoms with Gasteiger partial charge in [-0.15, -0.1) is 0 Å². The van der Waals surface area contributed by atoms with Crippen molar-refractivity contribution in [1.82, 2.24) is 15.1 Å². The summed E-state index contributed by atoms with van der Waals surface area (Å²) < 4.78 is 30.8. The normalized spacial score (nSPS) is 16.4. The number of halogens is 3. The highest BCUT2D eigenvalue weighted by molar-refractivity contribution is 7.92. The number of hydrogen-bond donors (Lipinski definition) is 3. The summed E-state index contributed by atoms with van der Waals surface area (Å²) in [7, 11) is -3.23. The molecule has 294 valence electrons. The highest BCUT2D eigenvalue weighted by Crippen LogP contribution is 2.30. The van der Waals surface area contributed by atoms with E-state index in [0.717, 1.165) is 120 Å². The van der Waals surface area contributed by atoms with Crippen LogP contribution in [0.1, 0.15) is 31.2 Å². The molecule has 0 saturated carbocycles. The number of hydrogen-bond acceptors (Lipinski definition) is 9. The predicted octanol–water partition coefficient (Wildman–Crippen LogP) is 6.06. The van der Waals surface area contributed by atoms with E-state index in [1.807, 2.05) is 48.5 Å². The third kappa shape index (κ3) is 13.2. The zero-order valence-corrected chi connectivity index (χ0v) is 34.0. The number of benzene rings is 3. The van der Waals surface area contributed by atoms with E-state index in [4.69, 9.17) is 45.3 Å². The number of ether oxygens (including phenoxy) is 1. The van der Waals surface area contributed by atoms with Crippen LogP contribution in [0.4, 0.5) is 17.1 Å². The highest BCUT2D eigenvalue weighted by atomic mass is 35.5. The number of amides is 1. The van der Waals surface area contributed by atoms with Gasteiger partial charge in [0.15, 0.2) is 0 Å². The number of nitrogens with zero attached hydrogens (tertiary/aromatic N) is 4. The molecule has 6 rings (SSSR count). The maximum atomic E-state index is 12.4. The number of rotatable bonds is 14. The predicted molar refractivity (Wildman–Crippen MR) is 224 cm³/mol. The molecule has 1 amide bonds.